The molecule has 0 saturated heterocycles. The Kier molecular flexibility index (Phi) is 8.82. The molecule has 0 aromatic heterocycles. The highest BCUT2D eigenvalue weighted by Crippen LogP contribution is 2.41. The Bertz CT molecular complexity index is 1020. The molecule has 1 aromatic carbocycles. The van der Waals surface area contributed by atoms with E-state index in [2.05, 4.69) is 23.8 Å². The summed E-state index contributed by atoms with van der Waals surface area (Å²) in [6.45, 7) is 0.905. The van der Waals surface area contributed by atoms with Crippen molar-refractivity contribution in [1.82, 2.24) is 0 Å². The lowest BCUT2D eigenvalue weighted by atomic mass is 9.99. The largest absolute Gasteiger partial charge is 0.573 e. The van der Waals surface area contributed by atoms with E-state index < -0.39 is 72.4 Å². The van der Waals surface area contributed by atoms with Gasteiger partial charge in [-0.05, 0) is 37.6 Å². The van der Waals surface area contributed by atoms with E-state index >= 15 is 0 Å². The predicted octanol–water partition coefficient (Wildman–Crippen LogP) is 4.24. The number of alkyl halides is 6. The SMILES string of the molecule is Cc1cc(OC(F)(F)F)cc2c1OC(C(F)(F)F)C(C(=O)OCOC(=O)OC(C)CCO[N+](=O)[O-])=C2. The van der Waals surface area contributed by atoms with Gasteiger partial charge in [-0.3, -0.25) is 0 Å². The molecular weight excluding hydrogens is 516 g/mol. The third kappa shape index (κ3) is 8.38. The van der Waals surface area contributed by atoms with Crippen LogP contribution < -0.4 is 9.47 Å². The number of hydrogen-bond acceptors (Lipinski definition) is 10. The zero-order valence-electron chi connectivity index (χ0n) is 18.3. The Hall–Kier alpha value is -3.92. The average Bonchev–Trinajstić information content (AvgIpc) is 2.70. The van der Waals surface area contributed by atoms with Crippen LogP contribution in [0.3, 0.4) is 0 Å². The van der Waals surface area contributed by atoms with Crippen molar-refractivity contribution in [2.24, 2.45) is 0 Å². The smallest absolute Gasteiger partial charge is 0.475 e. The van der Waals surface area contributed by atoms with E-state index in [1.807, 2.05) is 0 Å². The van der Waals surface area contributed by atoms with Crippen LogP contribution in [0.1, 0.15) is 24.5 Å². The molecule has 1 heterocycles. The number of nitrogens with zero attached hydrogens (tertiary/aromatic N) is 1. The molecule has 17 heteroatoms. The van der Waals surface area contributed by atoms with Gasteiger partial charge in [0.25, 0.3) is 5.09 Å². The summed E-state index contributed by atoms with van der Waals surface area (Å²) in [4.78, 5) is 37.9. The number of rotatable bonds is 9. The summed E-state index contributed by atoms with van der Waals surface area (Å²) in [5, 5.41) is 8.98. The third-order valence-electron chi connectivity index (χ3n) is 4.26. The average molecular weight is 533 g/mol. The Morgan fingerprint density at radius 1 is 1.17 bits per heavy atom. The molecule has 1 aliphatic heterocycles. The molecule has 0 spiro atoms. The molecule has 2 unspecified atom stereocenters. The summed E-state index contributed by atoms with van der Waals surface area (Å²) in [6.07, 6.45) is -14.9. The fraction of sp³-hybridized carbons (Fsp3) is 0.474. The first-order valence-electron chi connectivity index (χ1n) is 9.70. The molecule has 200 valence electrons. The lowest BCUT2D eigenvalue weighted by Crippen LogP contribution is -2.41. The van der Waals surface area contributed by atoms with Gasteiger partial charge in [-0.15, -0.1) is 23.3 Å². The summed E-state index contributed by atoms with van der Waals surface area (Å²) in [7, 11) is 0. The van der Waals surface area contributed by atoms with Crippen molar-refractivity contribution < 1.29 is 69.5 Å². The van der Waals surface area contributed by atoms with Crippen molar-refractivity contribution in [2.45, 2.75) is 45.0 Å². The lowest BCUT2D eigenvalue weighted by Gasteiger charge is -2.29. The Balaban J connectivity index is 2.09. The van der Waals surface area contributed by atoms with Gasteiger partial charge in [0.05, 0.1) is 12.2 Å². The molecular formula is C19H17F6NO10. The number of ether oxygens (including phenoxy) is 5. The molecule has 0 aliphatic carbocycles. The van der Waals surface area contributed by atoms with Crippen LogP contribution in [0.15, 0.2) is 17.7 Å². The number of hydrogen-bond donors (Lipinski definition) is 0. The summed E-state index contributed by atoms with van der Waals surface area (Å²) in [6, 6.07) is 1.52. The van der Waals surface area contributed by atoms with Crippen molar-refractivity contribution >= 4 is 18.2 Å². The van der Waals surface area contributed by atoms with Gasteiger partial charge in [-0.1, -0.05) is 0 Å². The molecule has 1 aromatic rings. The normalized spacial score (nSPS) is 16.0. The summed E-state index contributed by atoms with van der Waals surface area (Å²) >= 11 is 0. The van der Waals surface area contributed by atoms with Crippen LogP contribution in [0.5, 0.6) is 11.5 Å². The Morgan fingerprint density at radius 2 is 1.83 bits per heavy atom. The van der Waals surface area contributed by atoms with Crippen LogP contribution in [0.4, 0.5) is 31.1 Å². The molecule has 0 fully saturated rings. The molecule has 0 radical (unpaired) electrons. The standard InChI is InChI=1S/C19H17F6NO10/c1-9-5-12(36-19(23,24)25)6-11-7-13(15(18(20,21)22)35-14(9)11)16(27)31-8-32-17(28)34-10(2)3-4-33-26(29)30/h5-7,10,15H,3-4,8H2,1-2H3. The van der Waals surface area contributed by atoms with Crippen molar-refractivity contribution in [3.05, 3.63) is 38.9 Å². The fourth-order valence-corrected chi connectivity index (χ4v) is 2.83. The summed E-state index contributed by atoms with van der Waals surface area (Å²) in [5.74, 6) is -2.85. The maximum absolute atomic E-state index is 13.5. The second-order valence-electron chi connectivity index (χ2n) is 7.06. The molecule has 36 heavy (non-hydrogen) atoms. The number of halogens is 6. The monoisotopic (exact) mass is 533 g/mol. The number of esters is 1. The minimum absolute atomic E-state index is 0.105. The number of benzene rings is 1. The predicted molar refractivity (Wildman–Crippen MR) is 102 cm³/mol. The van der Waals surface area contributed by atoms with E-state index in [-0.39, 0.29) is 17.5 Å². The third-order valence-corrected chi connectivity index (χ3v) is 4.26. The Labute approximate surface area is 197 Å². The first-order valence-corrected chi connectivity index (χ1v) is 9.70. The second kappa shape index (κ2) is 11.2. The van der Waals surface area contributed by atoms with Crippen LogP contribution in [0.25, 0.3) is 6.08 Å². The second-order valence-corrected chi connectivity index (χ2v) is 7.06. The van der Waals surface area contributed by atoms with E-state index in [0.29, 0.717) is 12.1 Å². The number of carbonyl (C=O) groups excluding carboxylic acids is 2. The minimum Gasteiger partial charge on any atom is -0.475 e. The van der Waals surface area contributed by atoms with Gasteiger partial charge in [-0.2, -0.15) is 13.2 Å². The molecule has 11 nitrogen and oxygen atoms in total. The quantitative estimate of drug-likeness (QED) is 0.149. The van der Waals surface area contributed by atoms with Gasteiger partial charge in [-0.25, -0.2) is 9.59 Å². The highest BCUT2D eigenvalue weighted by Gasteiger charge is 2.49. The van der Waals surface area contributed by atoms with Gasteiger partial charge in [0, 0.05) is 12.0 Å². The van der Waals surface area contributed by atoms with Crippen LogP contribution in [-0.2, 0) is 23.8 Å². The zero-order chi connectivity index (χ0) is 27.3. The molecule has 0 bridgehead atoms. The van der Waals surface area contributed by atoms with E-state index in [1.165, 1.54) is 13.8 Å². The number of aryl methyl sites for hydroxylation is 1. The van der Waals surface area contributed by atoms with Gasteiger partial charge in [0.1, 0.15) is 17.6 Å². The molecule has 1 aliphatic rings. The molecule has 2 atom stereocenters. The van der Waals surface area contributed by atoms with Crippen LogP contribution in [-0.4, -0.2) is 55.4 Å². The molecule has 0 N–H and O–H groups in total. The van der Waals surface area contributed by atoms with Crippen LogP contribution >= 0.6 is 0 Å². The minimum atomic E-state index is -5.13. The Morgan fingerprint density at radius 3 is 2.42 bits per heavy atom. The van der Waals surface area contributed by atoms with E-state index in [4.69, 9.17) is 4.74 Å². The topological polar surface area (TPSA) is 133 Å². The molecule has 0 amide bonds. The fourth-order valence-electron chi connectivity index (χ4n) is 2.83. The van der Waals surface area contributed by atoms with Gasteiger partial charge in [0.15, 0.2) is 0 Å². The first kappa shape index (κ1) is 28.3. The maximum atomic E-state index is 13.5. The van der Waals surface area contributed by atoms with Crippen molar-refractivity contribution in [3.63, 3.8) is 0 Å². The van der Waals surface area contributed by atoms with Crippen molar-refractivity contribution in [2.75, 3.05) is 13.4 Å². The molecule has 0 saturated carbocycles. The maximum Gasteiger partial charge on any atom is 0.573 e. The summed E-state index contributed by atoms with van der Waals surface area (Å²) in [5.41, 5.74) is -1.60. The molecule has 2 rings (SSSR count). The van der Waals surface area contributed by atoms with Crippen molar-refractivity contribution in [1.29, 1.82) is 0 Å². The first-order chi connectivity index (χ1) is 16.6. The lowest BCUT2D eigenvalue weighted by molar-refractivity contribution is -0.758. The zero-order valence-corrected chi connectivity index (χ0v) is 18.3. The van der Waals surface area contributed by atoms with Crippen molar-refractivity contribution in [3.8, 4) is 11.5 Å². The summed E-state index contributed by atoms with van der Waals surface area (Å²) < 4.78 is 100. The van der Waals surface area contributed by atoms with E-state index in [1.54, 1.807) is 0 Å². The van der Waals surface area contributed by atoms with E-state index in [9.17, 15) is 46.0 Å². The van der Waals surface area contributed by atoms with Crippen LogP contribution in [0.2, 0.25) is 0 Å². The van der Waals surface area contributed by atoms with Gasteiger partial charge in [0.2, 0.25) is 12.9 Å². The van der Waals surface area contributed by atoms with Gasteiger partial charge >= 0.3 is 24.7 Å². The number of fused-ring (bicyclic) bond motifs is 1. The van der Waals surface area contributed by atoms with Gasteiger partial charge < -0.3 is 28.5 Å². The van der Waals surface area contributed by atoms with E-state index in [0.717, 1.165) is 6.07 Å². The highest BCUT2D eigenvalue weighted by molar-refractivity contribution is 5.96. The van der Waals surface area contributed by atoms with Crippen LogP contribution in [0, 0.1) is 17.0 Å². The highest BCUT2D eigenvalue weighted by atomic mass is 19.4. The number of carbonyl (C=O) groups is 2.